The lowest BCUT2D eigenvalue weighted by Crippen LogP contribution is -2.53. The van der Waals surface area contributed by atoms with Crippen molar-refractivity contribution in [1.82, 2.24) is 9.80 Å². The molecule has 8 heteroatoms. The highest BCUT2D eigenvalue weighted by atomic mass is 16.6. The zero-order chi connectivity index (χ0) is 22.8. The van der Waals surface area contributed by atoms with Crippen LogP contribution in [0.3, 0.4) is 0 Å². The van der Waals surface area contributed by atoms with Crippen LogP contribution < -0.4 is 0 Å². The molecule has 3 aliphatic rings. The number of hydrogen-bond acceptors (Lipinski definition) is 6. The van der Waals surface area contributed by atoms with E-state index in [1.807, 2.05) is 4.90 Å². The Morgan fingerprint density at radius 1 is 1.03 bits per heavy atom. The van der Waals surface area contributed by atoms with Gasteiger partial charge in [0.2, 0.25) is 0 Å². The lowest BCUT2D eigenvalue weighted by Gasteiger charge is -2.41. The summed E-state index contributed by atoms with van der Waals surface area (Å²) >= 11 is 0. The van der Waals surface area contributed by atoms with Crippen LogP contribution in [0.1, 0.15) is 72.6 Å². The fourth-order valence-electron chi connectivity index (χ4n) is 5.01. The Hall–Kier alpha value is -1.83. The second kappa shape index (κ2) is 9.76. The largest absolute Gasteiger partial charge is 0.467 e. The van der Waals surface area contributed by atoms with Crippen molar-refractivity contribution in [1.29, 1.82) is 0 Å². The average Bonchev–Trinajstić information content (AvgIpc) is 3.38. The van der Waals surface area contributed by atoms with E-state index in [9.17, 15) is 14.4 Å². The number of amides is 2. The van der Waals surface area contributed by atoms with Crippen LogP contribution in [0.4, 0.5) is 4.79 Å². The van der Waals surface area contributed by atoms with E-state index in [4.69, 9.17) is 14.2 Å². The fourth-order valence-corrected chi connectivity index (χ4v) is 5.01. The number of methoxy groups -OCH3 is 1. The van der Waals surface area contributed by atoms with Gasteiger partial charge in [-0.05, 0) is 65.2 Å². The lowest BCUT2D eigenvalue weighted by molar-refractivity contribution is -0.148. The molecular formula is C23H38N2O6. The maximum atomic E-state index is 13.5. The molecule has 2 heterocycles. The highest BCUT2D eigenvalue weighted by Gasteiger charge is 2.48. The maximum Gasteiger partial charge on any atom is 0.411 e. The van der Waals surface area contributed by atoms with Gasteiger partial charge in [0.05, 0.1) is 13.2 Å². The van der Waals surface area contributed by atoms with Crippen molar-refractivity contribution >= 4 is 18.0 Å². The van der Waals surface area contributed by atoms with Gasteiger partial charge in [0.1, 0.15) is 17.7 Å². The number of rotatable bonds is 4. The first-order valence-corrected chi connectivity index (χ1v) is 11.6. The Balaban J connectivity index is 1.84. The summed E-state index contributed by atoms with van der Waals surface area (Å²) in [6.07, 6.45) is 5.00. The smallest absolute Gasteiger partial charge is 0.411 e. The van der Waals surface area contributed by atoms with Crippen LogP contribution in [0.25, 0.3) is 0 Å². The molecule has 1 aliphatic carbocycles. The molecular weight excluding hydrogens is 400 g/mol. The molecule has 0 aromatic rings. The van der Waals surface area contributed by atoms with Crippen LogP contribution in [0.2, 0.25) is 0 Å². The highest BCUT2D eigenvalue weighted by molar-refractivity contribution is 5.84. The quantitative estimate of drug-likeness (QED) is 0.627. The molecule has 2 aliphatic heterocycles. The maximum absolute atomic E-state index is 13.5. The van der Waals surface area contributed by atoms with Gasteiger partial charge in [0.15, 0.2) is 0 Å². The molecule has 2 saturated heterocycles. The summed E-state index contributed by atoms with van der Waals surface area (Å²) < 4.78 is 16.2. The van der Waals surface area contributed by atoms with Gasteiger partial charge in [-0.1, -0.05) is 6.92 Å². The third kappa shape index (κ3) is 5.70. The average molecular weight is 439 g/mol. The summed E-state index contributed by atoms with van der Waals surface area (Å²) in [6, 6.07) is -0.909. The molecule has 31 heavy (non-hydrogen) atoms. The van der Waals surface area contributed by atoms with Gasteiger partial charge in [-0.25, -0.2) is 9.59 Å². The number of carbonyl (C=O) groups excluding carboxylic acids is 3. The number of ether oxygens (including phenoxy) is 3. The summed E-state index contributed by atoms with van der Waals surface area (Å²) in [5.74, 6) is 0.174. The summed E-state index contributed by atoms with van der Waals surface area (Å²) in [7, 11) is 1.32. The first kappa shape index (κ1) is 23.8. The van der Waals surface area contributed by atoms with Crippen molar-refractivity contribution in [3.8, 4) is 0 Å². The molecule has 3 rings (SSSR count). The van der Waals surface area contributed by atoms with Crippen LogP contribution in [-0.4, -0.2) is 77.9 Å². The second-order valence-electron chi connectivity index (χ2n) is 10.2. The molecule has 0 N–H and O–H groups in total. The summed E-state index contributed by atoms with van der Waals surface area (Å²) in [6.45, 7) is 8.49. The third-order valence-corrected chi connectivity index (χ3v) is 6.61. The molecule has 0 unspecified atom stereocenters. The Kier molecular flexibility index (Phi) is 7.50. The third-order valence-electron chi connectivity index (χ3n) is 6.61. The topological polar surface area (TPSA) is 85.4 Å². The minimum absolute atomic E-state index is 0.00305. The predicted octanol–water partition coefficient (Wildman–Crippen LogP) is 3.12. The van der Waals surface area contributed by atoms with Crippen LogP contribution in [0.15, 0.2) is 0 Å². The van der Waals surface area contributed by atoms with Crippen molar-refractivity contribution in [3.63, 3.8) is 0 Å². The molecule has 3 atom stereocenters. The molecule has 0 aromatic heterocycles. The van der Waals surface area contributed by atoms with E-state index in [-0.39, 0.29) is 24.5 Å². The van der Waals surface area contributed by atoms with E-state index >= 15 is 0 Å². The molecule has 1 saturated carbocycles. The fraction of sp³-hybridized carbons (Fsp3) is 0.870. The number of carbonyl (C=O) groups is 3. The number of hydrogen-bond donors (Lipinski definition) is 0. The lowest BCUT2D eigenvalue weighted by atomic mass is 9.85. The van der Waals surface area contributed by atoms with Crippen LogP contribution >= 0.6 is 0 Å². The van der Waals surface area contributed by atoms with E-state index in [0.29, 0.717) is 18.9 Å². The first-order chi connectivity index (χ1) is 14.6. The van der Waals surface area contributed by atoms with Crippen molar-refractivity contribution in [2.45, 2.75) is 102 Å². The normalized spacial score (nSPS) is 31.4. The Bertz CT molecular complexity index is 661. The predicted molar refractivity (Wildman–Crippen MR) is 114 cm³/mol. The molecule has 8 nitrogen and oxygen atoms in total. The highest BCUT2D eigenvalue weighted by Crippen LogP contribution is 2.34. The number of esters is 1. The second-order valence-corrected chi connectivity index (χ2v) is 10.2. The summed E-state index contributed by atoms with van der Waals surface area (Å²) in [5.41, 5.74) is -0.678. The molecule has 0 spiro atoms. The molecule has 0 bridgehead atoms. The van der Waals surface area contributed by atoms with Crippen molar-refractivity contribution in [2.24, 2.45) is 5.92 Å². The van der Waals surface area contributed by atoms with Crippen molar-refractivity contribution in [3.05, 3.63) is 0 Å². The van der Waals surface area contributed by atoms with Crippen molar-refractivity contribution < 1.29 is 28.6 Å². The molecule has 0 aromatic carbocycles. The van der Waals surface area contributed by atoms with E-state index < -0.39 is 29.8 Å². The molecule has 0 radical (unpaired) electrons. The van der Waals surface area contributed by atoms with Gasteiger partial charge in [0, 0.05) is 25.6 Å². The standard InChI is InChI=1S/C23H38N2O6/c1-15-8-10-16(11-9-15)25(20(26)19-7-6-12-30-19)17-13-18(21(27)29-5)24(14-17)22(28)31-23(2,3)4/h15-19H,6-14H2,1-5H3/t15?,16?,17-,18-,19-/m0/s1. The van der Waals surface area contributed by atoms with E-state index in [0.717, 1.165) is 38.5 Å². The Labute approximate surface area is 185 Å². The zero-order valence-electron chi connectivity index (χ0n) is 19.6. The van der Waals surface area contributed by atoms with Gasteiger partial charge < -0.3 is 19.1 Å². The monoisotopic (exact) mass is 438 g/mol. The van der Waals surface area contributed by atoms with Gasteiger partial charge >= 0.3 is 12.1 Å². The van der Waals surface area contributed by atoms with Crippen LogP contribution in [0.5, 0.6) is 0 Å². The summed E-state index contributed by atoms with van der Waals surface area (Å²) in [4.78, 5) is 42.3. The molecule has 176 valence electrons. The Morgan fingerprint density at radius 3 is 2.26 bits per heavy atom. The minimum Gasteiger partial charge on any atom is -0.467 e. The SMILES string of the molecule is COC(=O)[C@@H]1C[C@H](N(C(=O)[C@@H]2CCCO2)C2CCC(C)CC2)CN1C(=O)OC(C)(C)C. The van der Waals surface area contributed by atoms with Gasteiger partial charge in [-0.15, -0.1) is 0 Å². The van der Waals surface area contributed by atoms with E-state index in [1.54, 1.807) is 20.8 Å². The van der Waals surface area contributed by atoms with E-state index in [2.05, 4.69) is 6.92 Å². The minimum atomic E-state index is -0.757. The van der Waals surface area contributed by atoms with Crippen LogP contribution in [0, 0.1) is 5.92 Å². The first-order valence-electron chi connectivity index (χ1n) is 11.6. The van der Waals surface area contributed by atoms with Gasteiger partial charge in [-0.2, -0.15) is 0 Å². The molecule has 2 amide bonds. The van der Waals surface area contributed by atoms with Crippen molar-refractivity contribution in [2.75, 3.05) is 20.3 Å². The number of nitrogens with zero attached hydrogens (tertiary/aromatic N) is 2. The van der Waals surface area contributed by atoms with Gasteiger partial charge in [-0.3, -0.25) is 9.69 Å². The zero-order valence-corrected chi connectivity index (χ0v) is 19.6. The van der Waals surface area contributed by atoms with E-state index in [1.165, 1.54) is 12.0 Å². The molecule has 3 fully saturated rings. The van der Waals surface area contributed by atoms with Gasteiger partial charge in [0.25, 0.3) is 5.91 Å². The Morgan fingerprint density at radius 2 is 1.71 bits per heavy atom. The summed E-state index contributed by atoms with van der Waals surface area (Å²) in [5, 5.41) is 0. The van der Waals surface area contributed by atoms with Crippen LogP contribution in [-0.2, 0) is 23.8 Å². The number of likely N-dealkylation sites (tertiary alicyclic amines) is 1.